The van der Waals surface area contributed by atoms with Crippen LogP contribution in [-0.4, -0.2) is 0 Å². The van der Waals surface area contributed by atoms with Crippen LogP contribution in [0.15, 0.2) is 158 Å². The zero-order valence-corrected chi connectivity index (χ0v) is 22.9. The molecule has 0 aromatic heterocycles. The molecular formula is C41H26O. The van der Waals surface area contributed by atoms with Crippen LogP contribution in [-0.2, 0) is 5.41 Å². The van der Waals surface area contributed by atoms with E-state index < -0.39 is 5.41 Å². The molecule has 1 nitrogen and oxygen atoms in total. The van der Waals surface area contributed by atoms with Gasteiger partial charge in [0, 0.05) is 10.9 Å². The van der Waals surface area contributed by atoms with E-state index in [1.807, 2.05) is 0 Å². The molecule has 9 rings (SSSR count). The van der Waals surface area contributed by atoms with Crippen LogP contribution in [0.3, 0.4) is 0 Å². The van der Waals surface area contributed by atoms with Crippen LogP contribution in [0.2, 0.25) is 0 Å². The van der Waals surface area contributed by atoms with Gasteiger partial charge in [0.2, 0.25) is 0 Å². The summed E-state index contributed by atoms with van der Waals surface area (Å²) in [4.78, 5) is 0. The predicted octanol–water partition coefficient (Wildman–Crippen LogP) is 10.6. The molecule has 7 aromatic carbocycles. The van der Waals surface area contributed by atoms with Crippen molar-refractivity contribution >= 4 is 10.8 Å². The molecule has 0 amide bonds. The van der Waals surface area contributed by atoms with Crippen molar-refractivity contribution in [3.05, 3.63) is 180 Å². The first kappa shape index (κ1) is 23.3. The highest BCUT2D eigenvalue weighted by Crippen LogP contribution is 2.58. The Morgan fingerprint density at radius 1 is 0.405 bits per heavy atom. The van der Waals surface area contributed by atoms with Gasteiger partial charge in [0.25, 0.3) is 0 Å². The molecular weight excluding hydrogens is 508 g/mol. The first-order valence-corrected chi connectivity index (χ1v) is 14.5. The maximum absolute atomic E-state index is 6.44. The number of benzene rings is 7. The van der Waals surface area contributed by atoms with Crippen molar-refractivity contribution in [2.75, 3.05) is 0 Å². The highest BCUT2D eigenvalue weighted by molar-refractivity contribution is 6.05. The van der Waals surface area contributed by atoms with Gasteiger partial charge < -0.3 is 4.74 Å². The number of fused-ring (bicyclic) bond motifs is 5. The van der Waals surface area contributed by atoms with Gasteiger partial charge in [0.1, 0.15) is 11.5 Å². The molecule has 0 saturated heterocycles. The lowest BCUT2D eigenvalue weighted by molar-refractivity contribution is 0.487. The standard InChI is InChI=1S/C41H26O/c1-3-14-29(15-4-1)41(30-16-5-2-6-17-30)35-21-8-7-18-33(35)40-31(19-11-22-36(40)41)28-24-25-37-34(26-28)32-20-9-12-27-13-10-23-38(42-37)39(27)32/h1-26H. The van der Waals surface area contributed by atoms with Gasteiger partial charge >= 0.3 is 0 Å². The Morgan fingerprint density at radius 2 is 1.02 bits per heavy atom. The first-order chi connectivity index (χ1) is 20.8. The quantitative estimate of drug-likeness (QED) is 0.219. The Bertz CT molecular complexity index is 2110. The molecule has 42 heavy (non-hydrogen) atoms. The van der Waals surface area contributed by atoms with Crippen molar-refractivity contribution in [2.24, 2.45) is 0 Å². The summed E-state index contributed by atoms with van der Waals surface area (Å²) in [5, 5.41) is 2.38. The van der Waals surface area contributed by atoms with Gasteiger partial charge in [-0.3, -0.25) is 0 Å². The second kappa shape index (κ2) is 8.80. The van der Waals surface area contributed by atoms with E-state index >= 15 is 0 Å². The smallest absolute Gasteiger partial charge is 0.135 e. The van der Waals surface area contributed by atoms with E-state index in [2.05, 4.69) is 158 Å². The Kier molecular flexibility index (Phi) is 4.88. The van der Waals surface area contributed by atoms with Gasteiger partial charge in [-0.05, 0) is 73.7 Å². The van der Waals surface area contributed by atoms with Gasteiger partial charge in [-0.1, -0.05) is 140 Å². The lowest BCUT2D eigenvalue weighted by atomic mass is 9.67. The molecule has 1 heteroatoms. The van der Waals surface area contributed by atoms with Gasteiger partial charge in [-0.25, -0.2) is 0 Å². The van der Waals surface area contributed by atoms with Crippen LogP contribution in [0, 0.1) is 0 Å². The molecule has 0 saturated carbocycles. The molecule has 0 radical (unpaired) electrons. The van der Waals surface area contributed by atoms with Crippen LogP contribution in [0.1, 0.15) is 22.3 Å². The fourth-order valence-corrected chi connectivity index (χ4v) is 7.47. The summed E-state index contributed by atoms with van der Waals surface area (Å²) >= 11 is 0. The fraction of sp³-hybridized carbons (Fsp3) is 0.0244. The summed E-state index contributed by atoms with van der Waals surface area (Å²) in [6, 6.07) is 57.3. The minimum Gasteiger partial charge on any atom is -0.456 e. The van der Waals surface area contributed by atoms with Crippen molar-refractivity contribution in [1.82, 2.24) is 0 Å². The van der Waals surface area contributed by atoms with Crippen LogP contribution < -0.4 is 4.74 Å². The van der Waals surface area contributed by atoms with E-state index in [9.17, 15) is 0 Å². The minimum atomic E-state index is -0.410. The van der Waals surface area contributed by atoms with Crippen molar-refractivity contribution in [3.8, 4) is 44.9 Å². The summed E-state index contributed by atoms with van der Waals surface area (Å²) in [6.45, 7) is 0. The molecule has 0 fully saturated rings. The Morgan fingerprint density at radius 3 is 1.81 bits per heavy atom. The summed E-state index contributed by atoms with van der Waals surface area (Å²) in [5.74, 6) is 1.83. The maximum atomic E-state index is 6.44. The van der Waals surface area contributed by atoms with Crippen molar-refractivity contribution in [3.63, 3.8) is 0 Å². The number of hydrogen-bond donors (Lipinski definition) is 0. The van der Waals surface area contributed by atoms with Crippen molar-refractivity contribution < 1.29 is 4.74 Å². The molecule has 0 unspecified atom stereocenters. The fourth-order valence-electron chi connectivity index (χ4n) is 7.47. The van der Waals surface area contributed by atoms with Gasteiger partial charge in [-0.15, -0.1) is 0 Å². The van der Waals surface area contributed by atoms with Gasteiger partial charge in [0.15, 0.2) is 0 Å². The van der Waals surface area contributed by atoms with E-state index in [-0.39, 0.29) is 0 Å². The lowest BCUT2D eigenvalue weighted by Gasteiger charge is -2.34. The summed E-state index contributed by atoms with van der Waals surface area (Å²) in [6.07, 6.45) is 0. The summed E-state index contributed by atoms with van der Waals surface area (Å²) in [5.41, 5.74) is 12.2. The Hall–Kier alpha value is -5.40. The van der Waals surface area contributed by atoms with E-state index in [1.54, 1.807) is 0 Å². The normalized spacial score (nSPS) is 13.6. The molecule has 0 spiro atoms. The SMILES string of the molecule is c1ccc(C2(c3ccccc3)c3ccccc3-c3c(-c4ccc5c(c4)-c4cccc6cccc(c46)O5)cccc32)cc1. The third kappa shape index (κ3) is 3.08. The Labute approximate surface area is 245 Å². The third-order valence-corrected chi connectivity index (χ3v) is 9.15. The van der Waals surface area contributed by atoms with Gasteiger partial charge in [0.05, 0.1) is 5.41 Å². The monoisotopic (exact) mass is 534 g/mol. The van der Waals surface area contributed by atoms with Crippen LogP contribution in [0.5, 0.6) is 11.5 Å². The second-order valence-corrected chi connectivity index (χ2v) is 11.2. The highest BCUT2D eigenvalue weighted by Gasteiger charge is 2.46. The lowest BCUT2D eigenvalue weighted by Crippen LogP contribution is -2.28. The molecule has 0 bridgehead atoms. The molecule has 1 heterocycles. The second-order valence-electron chi connectivity index (χ2n) is 11.2. The molecule has 196 valence electrons. The van der Waals surface area contributed by atoms with E-state index in [1.165, 1.54) is 60.8 Å². The predicted molar refractivity (Wildman–Crippen MR) is 172 cm³/mol. The maximum Gasteiger partial charge on any atom is 0.135 e. The summed E-state index contributed by atoms with van der Waals surface area (Å²) in [7, 11) is 0. The molecule has 7 aromatic rings. The Balaban J connectivity index is 1.34. The van der Waals surface area contributed by atoms with E-state index in [0.29, 0.717) is 0 Å². The molecule has 0 N–H and O–H groups in total. The topological polar surface area (TPSA) is 9.23 Å². The van der Waals surface area contributed by atoms with Crippen LogP contribution in [0.25, 0.3) is 44.2 Å². The van der Waals surface area contributed by atoms with Crippen molar-refractivity contribution in [1.29, 1.82) is 0 Å². The van der Waals surface area contributed by atoms with E-state index in [0.717, 1.165) is 17.1 Å². The zero-order valence-electron chi connectivity index (χ0n) is 22.9. The summed E-state index contributed by atoms with van der Waals surface area (Å²) < 4.78 is 6.44. The minimum absolute atomic E-state index is 0.410. The first-order valence-electron chi connectivity index (χ1n) is 14.5. The third-order valence-electron chi connectivity index (χ3n) is 9.15. The molecule has 0 atom stereocenters. The number of rotatable bonds is 3. The number of ether oxygens (including phenoxy) is 1. The van der Waals surface area contributed by atoms with Crippen LogP contribution >= 0.6 is 0 Å². The molecule has 2 aliphatic rings. The number of hydrogen-bond acceptors (Lipinski definition) is 1. The average Bonchev–Trinajstić information content (AvgIpc) is 3.37. The highest BCUT2D eigenvalue weighted by atomic mass is 16.5. The zero-order chi connectivity index (χ0) is 27.7. The van der Waals surface area contributed by atoms with E-state index in [4.69, 9.17) is 4.74 Å². The van der Waals surface area contributed by atoms with Crippen molar-refractivity contribution in [2.45, 2.75) is 5.41 Å². The molecule has 1 aliphatic carbocycles. The van der Waals surface area contributed by atoms with Crippen LogP contribution in [0.4, 0.5) is 0 Å². The average molecular weight is 535 g/mol. The van der Waals surface area contributed by atoms with Gasteiger partial charge in [-0.2, -0.15) is 0 Å². The largest absolute Gasteiger partial charge is 0.456 e. The molecule has 1 aliphatic heterocycles.